The molecular weight excluding hydrogens is 280 g/mol. The van der Waals surface area contributed by atoms with Crippen LogP contribution in [0.4, 0.5) is 4.79 Å². The number of carbonyl (C=O) groups is 1. The zero-order valence-corrected chi connectivity index (χ0v) is 13.9. The topological polar surface area (TPSA) is 51.7 Å². The van der Waals surface area contributed by atoms with Crippen LogP contribution in [0.2, 0.25) is 0 Å². The van der Waals surface area contributed by atoms with Crippen LogP contribution in [0.25, 0.3) is 5.70 Å². The third-order valence-corrected chi connectivity index (χ3v) is 3.35. The van der Waals surface area contributed by atoms with Crippen LogP contribution < -0.4 is 4.74 Å². The smallest absolute Gasteiger partial charge is 0.414 e. The first-order valence-electron chi connectivity index (χ1n) is 7.51. The molecule has 1 aromatic rings. The average molecular weight is 304 g/mol. The van der Waals surface area contributed by atoms with E-state index in [-0.39, 0.29) is 6.09 Å². The molecule has 1 unspecified atom stereocenters. The Balaban J connectivity index is 2.31. The van der Waals surface area contributed by atoms with Crippen molar-refractivity contribution in [2.75, 3.05) is 13.7 Å². The molecule has 5 nitrogen and oxygen atoms in total. The summed E-state index contributed by atoms with van der Waals surface area (Å²) in [5.74, 6) is 0.932. The predicted octanol–water partition coefficient (Wildman–Crippen LogP) is 3.71. The lowest BCUT2D eigenvalue weighted by molar-refractivity contribution is 0.0327. The van der Waals surface area contributed by atoms with Gasteiger partial charge in [-0.25, -0.2) is 9.78 Å². The monoisotopic (exact) mass is 304 g/mol. The Bertz CT molecular complexity index is 576. The molecule has 0 saturated carbocycles. The van der Waals surface area contributed by atoms with Crippen molar-refractivity contribution < 1.29 is 14.3 Å². The van der Waals surface area contributed by atoms with Gasteiger partial charge in [0, 0.05) is 24.4 Å². The summed E-state index contributed by atoms with van der Waals surface area (Å²) in [5.41, 5.74) is 1.25. The summed E-state index contributed by atoms with van der Waals surface area (Å²) < 4.78 is 10.7. The molecule has 0 spiro atoms. The maximum atomic E-state index is 12.5. The number of carbonyl (C=O) groups excluding carboxylic acids is 1. The first-order chi connectivity index (χ1) is 10.3. The maximum absolute atomic E-state index is 12.5. The third kappa shape index (κ3) is 4.00. The molecule has 120 valence electrons. The summed E-state index contributed by atoms with van der Waals surface area (Å²) >= 11 is 0. The minimum Gasteiger partial charge on any atom is -0.481 e. The van der Waals surface area contributed by atoms with Gasteiger partial charge in [-0.05, 0) is 39.2 Å². The quantitative estimate of drug-likeness (QED) is 0.836. The van der Waals surface area contributed by atoms with Crippen molar-refractivity contribution >= 4 is 11.8 Å². The number of allylic oxidation sites excluding steroid dienone is 1. The van der Waals surface area contributed by atoms with E-state index in [1.807, 2.05) is 32.9 Å². The summed E-state index contributed by atoms with van der Waals surface area (Å²) in [6, 6.07) is 3.71. The maximum Gasteiger partial charge on any atom is 0.414 e. The Morgan fingerprint density at radius 2 is 2.14 bits per heavy atom. The summed E-state index contributed by atoms with van der Waals surface area (Å²) in [4.78, 5) is 18.3. The van der Waals surface area contributed by atoms with E-state index in [4.69, 9.17) is 9.47 Å². The molecule has 2 heterocycles. The lowest BCUT2D eigenvalue weighted by atomic mass is 9.99. The molecule has 1 amide bonds. The lowest BCUT2D eigenvalue weighted by Crippen LogP contribution is -2.39. The molecule has 0 aliphatic carbocycles. The number of ether oxygens (including phenoxy) is 2. The van der Waals surface area contributed by atoms with Crippen molar-refractivity contribution in [3.05, 3.63) is 30.0 Å². The second-order valence-electron chi connectivity index (χ2n) is 6.61. The van der Waals surface area contributed by atoms with Gasteiger partial charge in [-0.3, -0.25) is 4.90 Å². The SMILES string of the molecule is COc1cc(C2=CCC(C)CN2C(=O)OC(C)(C)C)ccn1. The van der Waals surface area contributed by atoms with Crippen molar-refractivity contribution in [2.45, 2.75) is 39.7 Å². The van der Waals surface area contributed by atoms with Crippen LogP contribution in [0.5, 0.6) is 5.88 Å². The molecule has 1 aromatic heterocycles. The Labute approximate surface area is 131 Å². The summed E-state index contributed by atoms with van der Waals surface area (Å²) in [7, 11) is 1.58. The van der Waals surface area contributed by atoms with Gasteiger partial charge in [0.05, 0.1) is 12.8 Å². The van der Waals surface area contributed by atoms with Crippen LogP contribution in [-0.2, 0) is 4.74 Å². The van der Waals surface area contributed by atoms with E-state index >= 15 is 0 Å². The third-order valence-electron chi connectivity index (χ3n) is 3.35. The summed E-state index contributed by atoms with van der Waals surface area (Å²) in [6.07, 6.45) is 4.37. The standard InChI is InChI=1S/C17H24N2O3/c1-12-6-7-14(13-8-9-18-15(10-13)21-5)19(11-12)16(20)22-17(2,3)4/h7-10,12H,6,11H2,1-5H3. The molecule has 1 aliphatic rings. The molecule has 0 fully saturated rings. The van der Waals surface area contributed by atoms with E-state index in [1.54, 1.807) is 18.2 Å². The van der Waals surface area contributed by atoms with E-state index in [0.29, 0.717) is 18.3 Å². The Morgan fingerprint density at radius 3 is 2.77 bits per heavy atom. The van der Waals surface area contributed by atoms with E-state index < -0.39 is 5.60 Å². The minimum absolute atomic E-state index is 0.318. The molecule has 1 aliphatic heterocycles. The van der Waals surface area contributed by atoms with Crippen LogP contribution in [0.15, 0.2) is 24.4 Å². The Morgan fingerprint density at radius 1 is 1.41 bits per heavy atom. The first-order valence-corrected chi connectivity index (χ1v) is 7.51. The van der Waals surface area contributed by atoms with Gasteiger partial charge >= 0.3 is 6.09 Å². The highest BCUT2D eigenvalue weighted by Crippen LogP contribution is 2.30. The average Bonchev–Trinajstić information content (AvgIpc) is 2.45. The largest absolute Gasteiger partial charge is 0.481 e. The fourth-order valence-electron chi connectivity index (χ4n) is 2.35. The fourth-order valence-corrected chi connectivity index (χ4v) is 2.35. The number of hydrogen-bond acceptors (Lipinski definition) is 4. The number of amides is 1. The molecule has 0 N–H and O–H groups in total. The van der Waals surface area contributed by atoms with Crippen LogP contribution in [-0.4, -0.2) is 35.2 Å². The molecule has 1 atom stereocenters. The molecule has 5 heteroatoms. The molecule has 0 aromatic carbocycles. The van der Waals surface area contributed by atoms with Crippen molar-refractivity contribution in [1.82, 2.24) is 9.88 Å². The van der Waals surface area contributed by atoms with Gasteiger partial charge in [0.1, 0.15) is 5.60 Å². The Hall–Kier alpha value is -2.04. The van der Waals surface area contributed by atoms with Gasteiger partial charge in [0.15, 0.2) is 0 Å². The van der Waals surface area contributed by atoms with Crippen LogP contribution in [0, 0.1) is 5.92 Å². The van der Waals surface area contributed by atoms with E-state index in [9.17, 15) is 4.79 Å². The highest BCUT2D eigenvalue weighted by molar-refractivity contribution is 5.83. The number of aromatic nitrogens is 1. The zero-order chi connectivity index (χ0) is 16.3. The van der Waals surface area contributed by atoms with Gasteiger partial charge < -0.3 is 9.47 Å². The second kappa shape index (κ2) is 6.38. The van der Waals surface area contributed by atoms with Crippen molar-refractivity contribution in [1.29, 1.82) is 0 Å². The van der Waals surface area contributed by atoms with Crippen molar-refractivity contribution in [3.8, 4) is 5.88 Å². The minimum atomic E-state index is -0.515. The van der Waals surface area contributed by atoms with E-state index in [0.717, 1.165) is 17.7 Å². The zero-order valence-electron chi connectivity index (χ0n) is 13.9. The Kier molecular flexibility index (Phi) is 4.74. The van der Waals surface area contributed by atoms with Gasteiger partial charge in [0.2, 0.25) is 5.88 Å². The molecule has 22 heavy (non-hydrogen) atoms. The lowest BCUT2D eigenvalue weighted by Gasteiger charge is -2.33. The summed E-state index contributed by atoms with van der Waals surface area (Å²) in [6.45, 7) is 8.38. The highest BCUT2D eigenvalue weighted by atomic mass is 16.6. The first kappa shape index (κ1) is 16.3. The van der Waals surface area contributed by atoms with E-state index in [1.165, 1.54) is 0 Å². The van der Waals surface area contributed by atoms with Gasteiger partial charge in [-0.15, -0.1) is 0 Å². The number of pyridine rings is 1. The number of rotatable bonds is 2. The number of hydrogen-bond donors (Lipinski definition) is 0. The van der Waals surface area contributed by atoms with Crippen molar-refractivity contribution in [3.63, 3.8) is 0 Å². The highest BCUT2D eigenvalue weighted by Gasteiger charge is 2.29. The summed E-state index contributed by atoms with van der Waals surface area (Å²) in [5, 5.41) is 0. The van der Waals surface area contributed by atoms with Crippen LogP contribution >= 0.6 is 0 Å². The molecule has 0 saturated heterocycles. The number of methoxy groups -OCH3 is 1. The van der Waals surface area contributed by atoms with Gasteiger partial charge in [-0.1, -0.05) is 13.0 Å². The normalized spacial score (nSPS) is 18.7. The molecule has 2 rings (SSSR count). The van der Waals surface area contributed by atoms with Crippen molar-refractivity contribution in [2.24, 2.45) is 5.92 Å². The van der Waals surface area contributed by atoms with E-state index in [2.05, 4.69) is 18.0 Å². The molecule has 0 bridgehead atoms. The molecule has 0 radical (unpaired) electrons. The number of nitrogens with zero attached hydrogens (tertiary/aromatic N) is 2. The van der Waals surface area contributed by atoms with Gasteiger partial charge in [0.25, 0.3) is 0 Å². The molecular formula is C17H24N2O3. The van der Waals surface area contributed by atoms with Gasteiger partial charge in [-0.2, -0.15) is 0 Å². The predicted molar refractivity (Wildman–Crippen MR) is 85.5 cm³/mol. The fraction of sp³-hybridized carbons (Fsp3) is 0.529. The second-order valence-corrected chi connectivity index (χ2v) is 6.61. The van der Waals surface area contributed by atoms with Crippen LogP contribution in [0.3, 0.4) is 0 Å². The van der Waals surface area contributed by atoms with Crippen LogP contribution in [0.1, 0.15) is 39.7 Å².